The maximum absolute atomic E-state index is 12.1. The lowest BCUT2D eigenvalue weighted by atomic mass is 10.3. The van der Waals surface area contributed by atoms with Crippen LogP contribution in [-0.4, -0.2) is 18.4 Å². The third-order valence-electron chi connectivity index (χ3n) is 2.18. The first-order chi connectivity index (χ1) is 8.40. The number of nitrogens with one attached hydrogen (secondary N) is 2. The highest BCUT2D eigenvalue weighted by Crippen LogP contribution is 2.34. The second-order valence-corrected chi connectivity index (χ2v) is 7.47. The van der Waals surface area contributed by atoms with E-state index in [1.807, 2.05) is 0 Å². The van der Waals surface area contributed by atoms with E-state index in [-0.39, 0.29) is 9.23 Å². The second kappa shape index (κ2) is 5.18. The summed E-state index contributed by atoms with van der Waals surface area (Å²) in [5.41, 5.74) is 0. The van der Waals surface area contributed by atoms with Gasteiger partial charge >= 0.3 is 0 Å². The van der Waals surface area contributed by atoms with Crippen molar-refractivity contribution in [1.82, 2.24) is 14.7 Å². The molecule has 0 amide bonds. The highest BCUT2D eigenvalue weighted by Gasteiger charge is 2.24. The molecule has 0 bridgehead atoms. The zero-order valence-electron chi connectivity index (χ0n) is 9.15. The van der Waals surface area contributed by atoms with Crippen molar-refractivity contribution in [2.24, 2.45) is 0 Å². The number of aromatic amines is 1. The highest BCUT2D eigenvalue weighted by atomic mass is 35.5. The summed E-state index contributed by atoms with van der Waals surface area (Å²) in [6.07, 6.45) is 3.17. The summed E-state index contributed by atoms with van der Waals surface area (Å²) in [7, 11) is -3.71. The fourth-order valence-corrected chi connectivity index (χ4v) is 4.73. The maximum atomic E-state index is 12.1. The molecular weight excluding hydrogens is 317 g/mol. The first kappa shape index (κ1) is 13.8. The van der Waals surface area contributed by atoms with E-state index in [1.165, 1.54) is 6.07 Å². The van der Waals surface area contributed by atoms with E-state index >= 15 is 0 Å². The van der Waals surface area contributed by atoms with E-state index in [2.05, 4.69) is 14.7 Å². The number of rotatable bonds is 4. The van der Waals surface area contributed by atoms with Crippen LogP contribution in [0.5, 0.6) is 0 Å². The number of halogens is 2. The summed E-state index contributed by atoms with van der Waals surface area (Å²) in [5, 5.41) is 0. The van der Waals surface area contributed by atoms with Gasteiger partial charge in [-0.3, -0.25) is 0 Å². The average Bonchev–Trinajstić information content (AvgIpc) is 2.86. The van der Waals surface area contributed by atoms with Crippen LogP contribution < -0.4 is 4.72 Å². The highest BCUT2D eigenvalue weighted by molar-refractivity contribution is 7.89. The van der Waals surface area contributed by atoms with Crippen LogP contribution in [0, 0.1) is 0 Å². The number of hydrogen-bond donors (Lipinski definition) is 2. The van der Waals surface area contributed by atoms with E-state index in [0.29, 0.717) is 10.2 Å². The Balaban J connectivity index is 2.25. The summed E-state index contributed by atoms with van der Waals surface area (Å²) in [5.74, 6) is 0.524. The summed E-state index contributed by atoms with van der Waals surface area (Å²) < 4.78 is 27.1. The van der Waals surface area contributed by atoms with Gasteiger partial charge in [-0.25, -0.2) is 18.1 Å². The topological polar surface area (TPSA) is 74.8 Å². The number of imidazole rings is 1. The SMILES string of the molecule is CC(NS(=O)(=O)c1cc(Cl)sc1Cl)c1ncc[nH]1. The van der Waals surface area contributed by atoms with E-state index in [1.54, 1.807) is 19.3 Å². The fraction of sp³-hybridized carbons (Fsp3) is 0.222. The van der Waals surface area contributed by atoms with Crippen LogP contribution in [0.4, 0.5) is 0 Å². The summed E-state index contributed by atoms with van der Waals surface area (Å²) in [6, 6.07) is 0.839. The number of H-pyrrole nitrogens is 1. The normalized spacial score (nSPS) is 13.7. The third kappa shape index (κ3) is 2.86. The molecule has 1 atom stereocenters. The minimum Gasteiger partial charge on any atom is -0.347 e. The van der Waals surface area contributed by atoms with Gasteiger partial charge in [0.25, 0.3) is 0 Å². The Labute approximate surface area is 118 Å². The van der Waals surface area contributed by atoms with E-state index < -0.39 is 16.1 Å². The van der Waals surface area contributed by atoms with Crippen LogP contribution >= 0.6 is 34.5 Å². The number of hydrogen-bond acceptors (Lipinski definition) is 4. The molecule has 98 valence electrons. The molecule has 2 heterocycles. The van der Waals surface area contributed by atoms with Crippen LogP contribution in [0.25, 0.3) is 0 Å². The Morgan fingerprint density at radius 2 is 2.22 bits per heavy atom. The molecule has 0 aliphatic carbocycles. The molecule has 0 radical (unpaired) electrons. The Kier molecular flexibility index (Phi) is 3.98. The lowest BCUT2D eigenvalue weighted by Crippen LogP contribution is -2.27. The molecule has 1 unspecified atom stereocenters. The quantitative estimate of drug-likeness (QED) is 0.907. The molecule has 0 aliphatic heterocycles. The van der Waals surface area contributed by atoms with Crippen molar-refractivity contribution in [3.8, 4) is 0 Å². The standard InChI is InChI=1S/C9H9Cl2N3O2S2/c1-5(9-12-2-3-13-9)14-18(15,16)6-4-7(10)17-8(6)11/h2-5,14H,1H3,(H,12,13). The van der Waals surface area contributed by atoms with Crippen molar-refractivity contribution in [1.29, 1.82) is 0 Å². The predicted molar refractivity (Wildman–Crippen MR) is 71.7 cm³/mol. The van der Waals surface area contributed by atoms with Crippen molar-refractivity contribution < 1.29 is 8.42 Å². The van der Waals surface area contributed by atoms with E-state index in [9.17, 15) is 8.42 Å². The lowest BCUT2D eigenvalue weighted by Gasteiger charge is -2.11. The molecule has 2 aromatic heterocycles. The molecule has 2 rings (SSSR count). The average molecular weight is 326 g/mol. The predicted octanol–water partition coefficient (Wildman–Crippen LogP) is 2.82. The Morgan fingerprint density at radius 1 is 1.50 bits per heavy atom. The number of aromatic nitrogens is 2. The smallest absolute Gasteiger partial charge is 0.243 e. The number of sulfonamides is 1. The van der Waals surface area contributed by atoms with Gasteiger partial charge in [-0.1, -0.05) is 23.2 Å². The van der Waals surface area contributed by atoms with E-state index in [4.69, 9.17) is 23.2 Å². The Bertz CT molecular complexity index is 637. The molecule has 0 spiro atoms. The molecule has 0 saturated heterocycles. The van der Waals surface area contributed by atoms with Gasteiger partial charge < -0.3 is 4.98 Å². The molecule has 2 N–H and O–H groups in total. The fourth-order valence-electron chi connectivity index (χ4n) is 1.37. The van der Waals surface area contributed by atoms with Crippen molar-refractivity contribution >= 4 is 44.6 Å². The largest absolute Gasteiger partial charge is 0.347 e. The number of nitrogens with zero attached hydrogens (tertiary/aromatic N) is 1. The molecule has 18 heavy (non-hydrogen) atoms. The monoisotopic (exact) mass is 325 g/mol. The summed E-state index contributed by atoms with van der Waals surface area (Å²) >= 11 is 12.6. The molecule has 9 heteroatoms. The van der Waals surface area contributed by atoms with Crippen LogP contribution in [0.15, 0.2) is 23.4 Å². The molecule has 0 aromatic carbocycles. The van der Waals surface area contributed by atoms with Gasteiger partial charge in [0.05, 0.1) is 10.4 Å². The van der Waals surface area contributed by atoms with Crippen LogP contribution in [0.1, 0.15) is 18.8 Å². The van der Waals surface area contributed by atoms with E-state index in [0.717, 1.165) is 11.3 Å². The number of thiophene rings is 1. The molecule has 0 fully saturated rings. The minimum atomic E-state index is -3.71. The van der Waals surface area contributed by atoms with Gasteiger partial charge in [-0.2, -0.15) is 0 Å². The summed E-state index contributed by atoms with van der Waals surface area (Å²) in [6.45, 7) is 1.68. The van der Waals surface area contributed by atoms with Gasteiger partial charge in [0, 0.05) is 12.4 Å². The lowest BCUT2D eigenvalue weighted by molar-refractivity contribution is 0.561. The van der Waals surface area contributed by atoms with Gasteiger partial charge in [0.1, 0.15) is 15.1 Å². The molecule has 0 saturated carbocycles. The van der Waals surface area contributed by atoms with Crippen LogP contribution in [0.3, 0.4) is 0 Å². The second-order valence-electron chi connectivity index (χ2n) is 3.51. The van der Waals surface area contributed by atoms with Crippen LogP contribution in [-0.2, 0) is 10.0 Å². The van der Waals surface area contributed by atoms with Crippen molar-refractivity contribution in [2.75, 3.05) is 0 Å². The van der Waals surface area contributed by atoms with Crippen molar-refractivity contribution in [2.45, 2.75) is 17.9 Å². The zero-order chi connectivity index (χ0) is 13.3. The summed E-state index contributed by atoms with van der Waals surface area (Å²) in [4.78, 5) is 6.80. The first-order valence-corrected chi connectivity index (χ1v) is 7.92. The third-order valence-corrected chi connectivity index (χ3v) is 5.47. The molecule has 2 aromatic rings. The van der Waals surface area contributed by atoms with Crippen molar-refractivity contribution in [3.05, 3.63) is 33.0 Å². The minimum absolute atomic E-state index is 0.0161. The van der Waals surface area contributed by atoms with Gasteiger partial charge in [0.15, 0.2) is 0 Å². The Hall–Kier alpha value is -0.600. The Morgan fingerprint density at radius 3 is 2.72 bits per heavy atom. The molecule has 0 aliphatic rings. The van der Waals surface area contributed by atoms with Crippen molar-refractivity contribution in [3.63, 3.8) is 0 Å². The molecular formula is C9H9Cl2N3O2S2. The molecule has 5 nitrogen and oxygen atoms in total. The maximum Gasteiger partial charge on any atom is 0.243 e. The van der Waals surface area contributed by atoms with Crippen LogP contribution in [0.2, 0.25) is 8.67 Å². The van der Waals surface area contributed by atoms with Gasteiger partial charge in [-0.05, 0) is 13.0 Å². The zero-order valence-corrected chi connectivity index (χ0v) is 12.3. The van der Waals surface area contributed by atoms with Gasteiger partial charge in [0.2, 0.25) is 10.0 Å². The first-order valence-electron chi connectivity index (χ1n) is 4.86. The van der Waals surface area contributed by atoms with Gasteiger partial charge in [-0.15, -0.1) is 11.3 Å².